The first kappa shape index (κ1) is 16.8. The molecule has 3 rings (SSSR count). The molecule has 0 saturated heterocycles. The van der Waals surface area contributed by atoms with Crippen molar-refractivity contribution in [3.05, 3.63) is 76.4 Å². The van der Waals surface area contributed by atoms with Gasteiger partial charge in [-0.15, -0.1) is 11.8 Å². The third-order valence-electron chi connectivity index (χ3n) is 3.53. The van der Waals surface area contributed by atoms with Crippen molar-refractivity contribution >= 4 is 39.4 Å². The van der Waals surface area contributed by atoms with Crippen molar-refractivity contribution in [2.24, 2.45) is 0 Å². The average Bonchev–Trinajstić information content (AvgIpc) is 3.01. The first-order chi connectivity index (χ1) is 11.7. The van der Waals surface area contributed by atoms with E-state index in [1.807, 2.05) is 54.8 Å². The molecule has 0 aliphatic heterocycles. The summed E-state index contributed by atoms with van der Waals surface area (Å²) in [4.78, 5) is 13.5. The summed E-state index contributed by atoms with van der Waals surface area (Å²) < 4.78 is 2.79. The lowest BCUT2D eigenvalue weighted by molar-refractivity contribution is 0.102. The van der Waals surface area contributed by atoms with E-state index in [9.17, 15) is 4.79 Å². The quantitative estimate of drug-likeness (QED) is 0.631. The number of amides is 1. The molecular formula is C18H16BrN3OS. The third-order valence-corrected chi connectivity index (χ3v) is 4.77. The Bertz CT molecular complexity index is 845. The first-order valence-corrected chi connectivity index (χ1v) is 9.39. The van der Waals surface area contributed by atoms with Gasteiger partial charge < -0.3 is 5.32 Å². The molecular weight excluding hydrogens is 386 g/mol. The van der Waals surface area contributed by atoms with Gasteiger partial charge in [0.15, 0.2) is 0 Å². The Morgan fingerprint density at radius 3 is 2.71 bits per heavy atom. The fourth-order valence-electron chi connectivity index (χ4n) is 2.30. The lowest BCUT2D eigenvalue weighted by atomic mass is 10.2. The maximum atomic E-state index is 12.4. The molecule has 1 amide bonds. The first-order valence-electron chi connectivity index (χ1n) is 7.37. The summed E-state index contributed by atoms with van der Waals surface area (Å²) in [6, 6.07) is 17.4. The number of nitrogens with zero attached hydrogens (tertiary/aromatic N) is 2. The van der Waals surface area contributed by atoms with E-state index in [0.717, 1.165) is 14.9 Å². The van der Waals surface area contributed by atoms with E-state index < -0.39 is 0 Å². The van der Waals surface area contributed by atoms with Crippen molar-refractivity contribution in [3.8, 4) is 0 Å². The number of hydrogen-bond donors (Lipinski definition) is 1. The Kier molecular flexibility index (Phi) is 5.37. The van der Waals surface area contributed by atoms with Crippen molar-refractivity contribution in [2.75, 3.05) is 11.6 Å². The Morgan fingerprint density at radius 2 is 2.00 bits per heavy atom. The highest BCUT2D eigenvalue weighted by Crippen LogP contribution is 2.17. The Morgan fingerprint density at radius 1 is 1.21 bits per heavy atom. The molecule has 4 nitrogen and oxygen atoms in total. The Hall–Kier alpha value is -2.05. The summed E-state index contributed by atoms with van der Waals surface area (Å²) in [5.74, 6) is 0.535. The normalized spacial score (nSPS) is 10.6. The molecule has 0 aliphatic carbocycles. The van der Waals surface area contributed by atoms with Crippen LogP contribution in [-0.4, -0.2) is 21.9 Å². The number of rotatable bonds is 5. The van der Waals surface area contributed by atoms with E-state index in [4.69, 9.17) is 0 Å². The molecule has 1 heterocycles. The predicted octanol–water partition coefficient (Wildman–Crippen LogP) is 4.67. The van der Waals surface area contributed by atoms with Crippen LogP contribution in [0.5, 0.6) is 0 Å². The van der Waals surface area contributed by atoms with Gasteiger partial charge in [-0.2, -0.15) is 5.10 Å². The van der Waals surface area contributed by atoms with Crippen molar-refractivity contribution < 1.29 is 4.79 Å². The van der Waals surface area contributed by atoms with E-state index in [1.54, 1.807) is 28.7 Å². The number of carbonyl (C=O) groups excluding carboxylic acids is 1. The fourth-order valence-corrected chi connectivity index (χ4v) is 3.16. The van der Waals surface area contributed by atoms with E-state index >= 15 is 0 Å². The van der Waals surface area contributed by atoms with E-state index in [1.165, 1.54) is 0 Å². The summed E-state index contributed by atoms with van der Waals surface area (Å²) in [7, 11) is 0. The maximum absolute atomic E-state index is 12.4. The minimum atomic E-state index is -0.140. The van der Waals surface area contributed by atoms with Gasteiger partial charge in [-0.1, -0.05) is 28.1 Å². The lowest BCUT2D eigenvalue weighted by Gasteiger charge is -2.10. The van der Waals surface area contributed by atoms with Crippen LogP contribution in [0, 0.1) is 0 Å². The second-order valence-electron chi connectivity index (χ2n) is 5.19. The highest BCUT2D eigenvalue weighted by Gasteiger charge is 2.10. The van der Waals surface area contributed by atoms with Crippen LogP contribution in [0.15, 0.2) is 70.2 Å². The van der Waals surface area contributed by atoms with Gasteiger partial charge in [0.25, 0.3) is 5.91 Å². The summed E-state index contributed by atoms with van der Waals surface area (Å²) in [6.07, 6.45) is 3.69. The zero-order valence-corrected chi connectivity index (χ0v) is 15.5. The smallest absolute Gasteiger partial charge is 0.256 e. The van der Waals surface area contributed by atoms with Gasteiger partial charge in [-0.3, -0.25) is 4.79 Å². The van der Waals surface area contributed by atoms with Crippen LogP contribution in [0.1, 0.15) is 15.9 Å². The minimum Gasteiger partial charge on any atom is -0.307 e. The molecule has 0 fully saturated rings. The van der Waals surface area contributed by atoms with Gasteiger partial charge in [0.1, 0.15) is 5.82 Å². The number of halogens is 1. The van der Waals surface area contributed by atoms with Crippen molar-refractivity contribution in [3.63, 3.8) is 0 Å². The number of benzene rings is 2. The number of nitrogens with one attached hydrogen (secondary N) is 1. The standard InChI is InChI=1S/C18H16BrN3OS/c1-24-16-7-5-14(6-8-16)18(23)21-17-9-10-20-22(17)12-13-3-2-4-15(19)11-13/h2-11H,12H2,1H3,(H,21,23). The topological polar surface area (TPSA) is 46.9 Å². The van der Waals surface area contributed by atoms with E-state index in [-0.39, 0.29) is 5.91 Å². The van der Waals surface area contributed by atoms with Crippen LogP contribution < -0.4 is 5.32 Å². The molecule has 1 N–H and O–H groups in total. The van der Waals surface area contributed by atoms with Crippen LogP contribution in [0.2, 0.25) is 0 Å². The molecule has 2 aromatic carbocycles. The summed E-state index contributed by atoms with van der Waals surface area (Å²) in [6.45, 7) is 0.591. The molecule has 1 aromatic heterocycles. The van der Waals surface area contributed by atoms with Gasteiger partial charge in [0, 0.05) is 21.0 Å². The van der Waals surface area contributed by atoms with Gasteiger partial charge in [0.05, 0.1) is 12.7 Å². The highest BCUT2D eigenvalue weighted by atomic mass is 79.9. The fraction of sp³-hybridized carbons (Fsp3) is 0.111. The number of thioether (sulfide) groups is 1. The SMILES string of the molecule is CSc1ccc(C(=O)Nc2ccnn2Cc2cccc(Br)c2)cc1. The van der Waals surface area contributed by atoms with Gasteiger partial charge in [0.2, 0.25) is 0 Å². The molecule has 0 radical (unpaired) electrons. The second-order valence-corrected chi connectivity index (χ2v) is 6.98. The minimum absolute atomic E-state index is 0.140. The summed E-state index contributed by atoms with van der Waals surface area (Å²) in [5, 5.41) is 7.22. The van der Waals surface area contributed by atoms with Crippen LogP contribution >= 0.6 is 27.7 Å². The summed E-state index contributed by atoms with van der Waals surface area (Å²) >= 11 is 5.12. The molecule has 0 unspecified atom stereocenters. The van der Waals surface area contributed by atoms with Gasteiger partial charge in [-0.05, 0) is 48.2 Å². The molecule has 0 spiro atoms. The van der Waals surface area contributed by atoms with Crippen LogP contribution in [0.25, 0.3) is 0 Å². The van der Waals surface area contributed by atoms with E-state index in [0.29, 0.717) is 17.9 Å². The molecule has 0 atom stereocenters. The van der Waals surface area contributed by atoms with Crippen molar-refractivity contribution in [1.29, 1.82) is 0 Å². The highest BCUT2D eigenvalue weighted by molar-refractivity contribution is 9.10. The lowest BCUT2D eigenvalue weighted by Crippen LogP contribution is -2.16. The monoisotopic (exact) mass is 401 g/mol. The molecule has 6 heteroatoms. The molecule has 3 aromatic rings. The Balaban J connectivity index is 1.73. The molecule has 0 aliphatic rings. The van der Waals surface area contributed by atoms with Crippen molar-refractivity contribution in [2.45, 2.75) is 11.4 Å². The number of hydrogen-bond acceptors (Lipinski definition) is 3. The largest absolute Gasteiger partial charge is 0.307 e. The van der Waals surface area contributed by atoms with Crippen LogP contribution in [-0.2, 0) is 6.54 Å². The van der Waals surface area contributed by atoms with E-state index in [2.05, 4.69) is 26.3 Å². The summed E-state index contributed by atoms with van der Waals surface area (Å²) in [5.41, 5.74) is 1.73. The molecule has 0 saturated carbocycles. The maximum Gasteiger partial charge on any atom is 0.256 e. The van der Waals surface area contributed by atoms with Gasteiger partial charge >= 0.3 is 0 Å². The molecule has 0 bridgehead atoms. The van der Waals surface area contributed by atoms with Gasteiger partial charge in [-0.25, -0.2) is 4.68 Å². The van der Waals surface area contributed by atoms with Crippen molar-refractivity contribution in [1.82, 2.24) is 9.78 Å². The third kappa shape index (κ3) is 4.07. The average molecular weight is 402 g/mol. The van der Waals surface area contributed by atoms with Crippen LogP contribution in [0.4, 0.5) is 5.82 Å². The Labute approximate surface area is 153 Å². The number of aromatic nitrogens is 2. The second kappa shape index (κ2) is 7.68. The zero-order chi connectivity index (χ0) is 16.9. The molecule has 122 valence electrons. The predicted molar refractivity (Wildman–Crippen MR) is 102 cm³/mol. The molecule has 24 heavy (non-hydrogen) atoms. The van der Waals surface area contributed by atoms with Crippen LogP contribution in [0.3, 0.4) is 0 Å². The zero-order valence-electron chi connectivity index (χ0n) is 13.1. The number of carbonyl (C=O) groups is 1. The number of anilines is 1.